The van der Waals surface area contributed by atoms with Crippen molar-refractivity contribution in [3.8, 4) is 10.8 Å². The topological polar surface area (TPSA) is 20.2 Å². The predicted molar refractivity (Wildman–Crippen MR) is 51.4 cm³/mol. The maximum absolute atomic E-state index is 9.63. The summed E-state index contributed by atoms with van der Waals surface area (Å²) in [5.41, 5.74) is -1.00. The molecule has 0 rings (SSSR count). The third kappa shape index (κ3) is 4.23. The van der Waals surface area contributed by atoms with Crippen LogP contribution in [0.25, 0.3) is 0 Å². The summed E-state index contributed by atoms with van der Waals surface area (Å²) in [6, 6.07) is 0. The van der Waals surface area contributed by atoms with Crippen molar-refractivity contribution in [2.75, 3.05) is 0 Å². The fourth-order valence-corrected chi connectivity index (χ4v) is 1.09. The maximum atomic E-state index is 9.63. The maximum Gasteiger partial charge on any atom is 0.144 e. The third-order valence-corrected chi connectivity index (χ3v) is 1.71. The molecular weight excluding hydrogens is 204 g/mol. The van der Waals surface area contributed by atoms with E-state index in [-0.39, 0.29) is 0 Å². The summed E-state index contributed by atoms with van der Waals surface area (Å²) < 4.78 is 0. The first-order valence-corrected chi connectivity index (χ1v) is 4.46. The monoisotopic (exact) mass is 216 g/mol. The quantitative estimate of drug-likeness (QED) is 0.566. The largest absolute Gasteiger partial charge is 0.374 e. The van der Waals surface area contributed by atoms with Gasteiger partial charge in [0.15, 0.2) is 0 Å². The van der Waals surface area contributed by atoms with Crippen LogP contribution in [0.5, 0.6) is 0 Å². The average Bonchev–Trinajstić information content (AvgIpc) is 2.02. The highest BCUT2D eigenvalue weighted by molar-refractivity contribution is 9.12. The van der Waals surface area contributed by atoms with E-state index in [9.17, 15) is 5.11 Å². The Hall–Kier alpha value is -0.260. The molecule has 11 heavy (non-hydrogen) atoms. The van der Waals surface area contributed by atoms with Crippen LogP contribution in [0.1, 0.15) is 26.2 Å². The molecule has 0 aromatic heterocycles. The molecule has 0 amide bonds. The molecule has 0 saturated carbocycles. The second-order valence-electron chi connectivity index (χ2n) is 2.45. The van der Waals surface area contributed by atoms with Crippen LogP contribution in [0.3, 0.4) is 0 Å². The Morgan fingerprint density at radius 1 is 1.73 bits per heavy atom. The Kier molecular flexibility index (Phi) is 5.27. The molecule has 1 unspecified atom stereocenters. The molecule has 0 radical (unpaired) electrons. The molecule has 2 heteroatoms. The van der Waals surface area contributed by atoms with E-state index in [1.807, 2.05) is 0 Å². The zero-order valence-electron chi connectivity index (χ0n) is 6.73. The summed E-state index contributed by atoms with van der Waals surface area (Å²) in [6.07, 6.45) is 4.16. The van der Waals surface area contributed by atoms with Crippen molar-refractivity contribution < 1.29 is 5.11 Å². The Labute approximate surface area is 76.6 Å². The van der Waals surface area contributed by atoms with Crippen LogP contribution in [0.4, 0.5) is 0 Å². The van der Waals surface area contributed by atoms with Crippen LogP contribution in [-0.2, 0) is 0 Å². The highest BCUT2D eigenvalue weighted by Gasteiger charge is 2.17. The van der Waals surface area contributed by atoms with Gasteiger partial charge in [0.1, 0.15) is 5.60 Å². The second kappa shape index (κ2) is 5.40. The van der Waals surface area contributed by atoms with Crippen LogP contribution in [-0.4, -0.2) is 10.7 Å². The molecule has 0 aliphatic rings. The zero-order chi connectivity index (χ0) is 8.74. The molecule has 0 aromatic carbocycles. The molecular formula is C9H13BrO. The minimum absolute atomic E-state index is 0.658. The van der Waals surface area contributed by atoms with Crippen LogP contribution in [0.2, 0.25) is 0 Å². The first kappa shape index (κ1) is 10.7. The molecule has 0 saturated heterocycles. The number of hydrogen-bond donors (Lipinski definition) is 1. The smallest absolute Gasteiger partial charge is 0.144 e. The SMILES string of the molecule is C=CC(O)(C#CBr)CCCC. The van der Waals surface area contributed by atoms with Crippen molar-refractivity contribution in [2.45, 2.75) is 31.8 Å². The molecule has 0 fully saturated rings. The normalized spacial score (nSPS) is 14.5. The van der Waals surface area contributed by atoms with E-state index < -0.39 is 5.60 Å². The first-order valence-electron chi connectivity index (χ1n) is 3.67. The van der Waals surface area contributed by atoms with Gasteiger partial charge in [0, 0.05) is 15.9 Å². The lowest BCUT2D eigenvalue weighted by Crippen LogP contribution is -2.22. The lowest BCUT2D eigenvalue weighted by Gasteiger charge is -2.15. The van der Waals surface area contributed by atoms with Crippen molar-refractivity contribution in [3.05, 3.63) is 12.7 Å². The molecule has 0 spiro atoms. The van der Waals surface area contributed by atoms with E-state index in [0.717, 1.165) is 12.8 Å². The van der Waals surface area contributed by atoms with E-state index in [1.54, 1.807) is 0 Å². The van der Waals surface area contributed by atoms with E-state index in [0.29, 0.717) is 6.42 Å². The van der Waals surface area contributed by atoms with Gasteiger partial charge >= 0.3 is 0 Å². The van der Waals surface area contributed by atoms with Gasteiger partial charge in [-0.1, -0.05) is 25.8 Å². The molecule has 0 aliphatic carbocycles. The summed E-state index contributed by atoms with van der Waals surface area (Å²) in [6.45, 7) is 5.61. The van der Waals surface area contributed by atoms with Gasteiger partial charge in [-0.3, -0.25) is 0 Å². The third-order valence-electron chi connectivity index (χ3n) is 1.51. The number of rotatable bonds is 4. The Morgan fingerprint density at radius 2 is 2.36 bits per heavy atom. The molecule has 62 valence electrons. The van der Waals surface area contributed by atoms with Gasteiger partial charge in [0.05, 0.1) is 0 Å². The van der Waals surface area contributed by atoms with E-state index >= 15 is 0 Å². The predicted octanol–water partition coefficient (Wildman–Crippen LogP) is 2.45. The lowest BCUT2D eigenvalue weighted by molar-refractivity contribution is 0.140. The minimum Gasteiger partial charge on any atom is -0.374 e. The van der Waals surface area contributed by atoms with Crippen LogP contribution in [0.15, 0.2) is 12.7 Å². The number of halogens is 1. The fraction of sp³-hybridized carbons (Fsp3) is 0.556. The van der Waals surface area contributed by atoms with Gasteiger partial charge in [0.25, 0.3) is 0 Å². The van der Waals surface area contributed by atoms with Gasteiger partial charge in [-0.25, -0.2) is 0 Å². The van der Waals surface area contributed by atoms with Crippen LogP contribution >= 0.6 is 15.9 Å². The molecule has 0 aliphatic heterocycles. The average molecular weight is 217 g/mol. The standard InChI is InChI=1S/C9H13BrO/c1-3-5-6-9(11,4-2)7-8-10/h4,11H,2-3,5-6H2,1H3. The van der Waals surface area contributed by atoms with E-state index in [2.05, 4.69) is 40.2 Å². The summed E-state index contributed by atoms with van der Waals surface area (Å²) >= 11 is 2.95. The van der Waals surface area contributed by atoms with Gasteiger partial charge in [-0.2, -0.15) is 0 Å². The molecule has 0 bridgehead atoms. The number of aliphatic hydroxyl groups is 1. The summed E-state index contributed by atoms with van der Waals surface area (Å²) in [4.78, 5) is 2.51. The lowest BCUT2D eigenvalue weighted by atomic mass is 9.98. The summed E-state index contributed by atoms with van der Waals surface area (Å²) in [5, 5.41) is 9.63. The molecule has 0 heterocycles. The Morgan fingerprint density at radius 3 is 2.73 bits per heavy atom. The van der Waals surface area contributed by atoms with Crippen molar-refractivity contribution in [3.63, 3.8) is 0 Å². The first-order chi connectivity index (χ1) is 5.18. The van der Waals surface area contributed by atoms with Crippen LogP contribution < -0.4 is 0 Å². The van der Waals surface area contributed by atoms with E-state index in [4.69, 9.17) is 0 Å². The molecule has 0 aromatic rings. The summed E-state index contributed by atoms with van der Waals surface area (Å²) in [7, 11) is 0. The van der Waals surface area contributed by atoms with Gasteiger partial charge in [-0.05, 0) is 23.7 Å². The van der Waals surface area contributed by atoms with Crippen molar-refractivity contribution in [1.82, 2.24) is 0 Å². The van der Waals surface area contributed by atoms with Gasteiger partial charge in [-0.15, -0.1) is 0 Å². The van der Waals surface area contributed by atoms with Crippen LogP contribution in [0, 0.1) is 10.8 Å². The number of unbranched alkanes of at least 4 members (excludes halogenated alkanes) is 1. The Balaban J connectivity index is 4.06. The minimum atomic E-state index is -1.00. The highest BCUT2D eigenvalue weighted by atomic mass is 79.9. The molecule has 1 N–H and O–H groups in total. The van der Waals surface area contributed by atoms with Gasteiger partial charge in [0.2, 0.25) is 0 Å². The number of hydrogen-bond acceptors (Lipinski definition) is 1. The van der Waals surface area contributed by atoms with Crippen molar-refractivity contribution in [1.29, 1.82) is 0 Å². The fourth-order valence-electron chi connectivity index (χ4n) is 0.744. The van der Waals surface area contributed by atoms with Crippen molar-refractivity contribution >= 4 is 15.9 Å². The zero-order valence-corrected chi connectivity index (χ0v) is 8.32. The molecule has 1 atom stereocenters. The Bertz CT molecular complexity index is 178. The second-order valence-corrected chi connectivity index (χ2v) is 2.85. The van der Waals surface area contributed by atoms with Crippen molar-refractivity contribution in [2.24, 2.45) is 0 Å². The van der Waals surface area contributed by atoms with E-state index in [1.165, 1.54) is 6.08 Å². The highest BCUT2D eigenvalue weighted by Crippen LogP contribution is 2.14. The van der Waals surface area contributed by atoms with Gasteiger partial charge < -0.3 is 5.11 Å². The molecule has 1 nitrogen and oxygen atoms in total. The summed E-state index contributed by atoms with van der Waals surface area (Å²) in [5.74, 6) is 2.65.